The van der Waals surface area contributed by atoms with Gasteiger partial charge in [-0.05, 0) is 70.9 Å². The number of anilines is 1. The largest absolute Gasteiger partial charge is 0.458 e. The fourth-order valence-corrected chi connectivity index (χ4v) is 3.60. The van der Waals surface area contributed by atoms with E-state index in [1.54, 1.807) is 10.7 Å². The van der Waals surface area contributed by atoms with Crippen molar-refractivity contribution in [1.29, 1.82) is 0 Å². The third-order valence-corrected chi connectivity index (χ3v) is 5.05. The zero-order valence-electron chi connectivity index (χ0n) is 17.5. The predicted octanol–water partition coefficient (Wildman–Crippen LogP) is 1.99. The number of hydrogen-bond acceptors (Lipinski definition) is 7. The van der Waals surface area contributed by atoms with Gasteiger partial charge in [0.2, 0.25) is 5.91 Å². The van der Waals surface area contributed by atoms with Gasteiger partial charge in [0.15, 0.2) is 17.4 Å². The number of rotatable bonds is 7. The van der Waals surface area contributed by atoms with Crippen molar-refractivity contribution in [3.05, 3.63) is 41.4 Å². The molecule has 1 fully saturated rings. The summed E-state index contributed by atoms with van der Waals surface area (Å²) in [5, 5.41) is 13.9. The zero-order chi connectivity index (χ0) is 21.1. The molecule has 0 radical (unpaired) electrons. The number of amides is 1. The SMILES string of the molecule is Cc1cc(C)n(-c2cc(NC(=O)CNCC3CCNC3)nc(-c3ccc(C)o3)n2)n1. The summed E-state index contributed by atoms with van der Waals surface area (Å²) in [7, 11) is 0. The monoisotopic (exact) mass is 409 g/mol. The summed E-state index contributed by atoms with van der Waals surface area (Å²) in [5.41, 5.74) is 1.83. The van der Waals surface area contributed by atoms with E-state index < -0.39 is 0 Å². The first-order chi connectivity index (χ1) is 14.5. The molecule has 1 unspecified atom stereocenters. The van der Waals surface area contributed by atoms with Gasteiger partial charge in [-0.2, -0.15) is 5.10 Å². The highest BCUT2D eigenvalue weighted by Gasteiger charge is 2.16. The van der Waals surface area contributed by atoms with Crippen LogP contribution < -0.4 is 16.0 Å². The molecule has 4 heterocycles. The molecule has 158 valence electrons. The Balaban J connectivity index is 1.54. The van der Waals surface area contributed by atoms with E-state index in [0.717, 1.165) is 43.2 Å². The smallest absolute Gasteiger partial charge is 0.239 e. The molecule has 0 spiro atoms. The minimum Gasteiger partial charge on any atom is -0.458 e. The molecule has 3 aromatic rings. The van der Waals surface area contributed by atoms with E-state index in [0.29, 0.717) is 29.1 Å². The van der Waals surface area contributed by atoms with Crippen molar-refractivity contribution in [2.75, 3.05) is 31.5 Å². The Morgan fingerprint density at radius 1 is 1.27 bits per heavy atom. The summed E-state index contributed by atoms with van der Waals surface area (Å²) >= 11 is 0. The first kappa shape index (κ1) is 20.2. The van der Waals surface area contributed by atoms with Gasteiger partial charge in [-0.3, -0.25) is 4.79 Å². The molecule has 9 heteroatoms. The van der Waals surface area contributed by atoms with Crippen LogP contribution >= 0.6 is 0 Å². The molecule has 30 heavy (non-hydrogen) atoms. The Kier molecular flexibility index (Phi) is 5.91. The second-order valence-corrected chi connectivity index (χ2v) is 7.72. The molecule has 9 nitrogen and oxygen atoms in total. The maximum atomic E-state index is 12.5. The first-order valence-electron chi connectivity index (χ1n) is 10.2. The summed E-state index contributed by atoms with van der Waals surface area (Å²) < 4.78 is 7.43. The highest BCUT2D eigenvalue weighted by atomic mass is 16.3. The van der Waals surface area contributed by atoms with Gasteiger partial charge in [0, 0.05) is 11.8 Å². The Bertz CT molecular complexity index is 1030. The van der Waals surface area contributed by atoms with Crippen molar-refractivity contribution in [3.8, 4) is 17.4 Å². The van der Waals surface area contributed by atoms with Crippen LogP contribution in [0.4, 0.5) is 5.82 Å². The predicted molar refractivity (Wildman–Crippen MR) is 114 cm³/mol. The standard InChI is InChI=1S/C21H27N7O2/c1-13-8-14(2)28(27-13)19-9-18(25-21(26-19)17-5-4-15(3)30-17)24-20(29)12-23-11-16-6-7-22-10-16/h4-5,8-9,16,22-23H,6-7,10-12H2,1-3H3,(H,24,25,26,29). The number of aromatic nitrogens is 4. The summed E-state index contributed by atoms with van der Waals surface area (Å²) in [6, 6.07) is 7.36. The normalized spacial score (nSPS) is 16.2. The maximum absolute atomic E-state index is 12.5. The minimum atomic E-state index is -0.152. The number of carbonyl (C=O) groups excluding carboxylic acids is 1. The van der Waals surface area contributed by atoms with Crippen LogP contribution in [0.1, 0.15) is 23.6 Å². The lowest BCUT2D eigenvalue weighted by Gasteiger charge is -2.11. The molecule has 0 aliphatic carbocycles. The van der Waals surface area contributed by atoms with E-state index in [2.05, 4.69) is 31.0 Å². The summed E-state index contributed by atoms with van der Waals surface area (Å²) in [6.07, 6.45) is 1.14. The average molecular weight is 409 g/mol. The number of nitrogens with one attached hydrogen (secondary N) is 3. The second kappa shape index (κ2) is 8.76. The molecule has 3 aromatic heterocycles. The second-order valence-electron chi connectivity index (χ2n) is 7.72. The van der Waals surface area contributed by atoms with E-state index in [4.69, 9.17) is 4.42 Å². The molecular formula is C21H27N7O2. The van der Waals surface area contributed by atoms with Crippen molar-refractivity contribution in [2.24, 2.45) is 5.92 Å². The van der Waals surface area contributed by atoms with E-state index in [-0.39, 0.29) is 12.5 Å². The summed E-state index contributed by atoms with van der Waals surface area (Å²) in [6.45, 7) is 8.84. The topological polar surface area (TPSA) is 110 Å². The number of furan rings is 1. The fraction of sp³-hybridized carbons (Fsp3) is 0.429. The lowest BCUT2D eigenvalue weighted by atomic mass is 10.1. The number of hydrogen-bond donors (Lipinski definition) is 3. The van der Waals surface area contributed by atoms with Crippen LogP contribution in [0.25, 0.3) is 17.4 Å². The lowest BCUT2D eigenvalue weighted by molar-refractivity contribution is -0.115. The van der Waals surface area contributed by atoms with Crippen LogP contribution in [0.3, 0.4) is 0 Å². The summed E-state index contributed by atoms with van der Waals surface area (Å²) in [4.78, 5) is 21.6. The Morgan fingerprint density at radius 2 is 2.13 bits per heavy atom. The Morgan fingerprint density at radius 3 is 2.80 bits per heavy atom. The van der Waals surface area contributed by atoms with E-state index in [9.17, 15) is 4.79 Å². The van der Waals surface area contributed by atoms with Crippen molar-refractivity contribution < 1.29 is 9.21 Å². The Labute approximate surface area is 175 Å². The van der Waals surface area contributed by atoms with Crippen LogP contribution in [-0.4, -0.2) is 51.8 Å². The average Bonchev–Trinajstić information content (AvgIpc) is 3.43. The highest BCUT2D eigenvalue weighted by molar-refractivity contribution is 5.91. The van der Waals surface area contributed by atoms with Gasteiger partial charge in [-0.15, -0.1) is 0 Å². The van der Waals surface area contributed by atoms with Crippen molar-refractivity contribution in [1.82, 2.24) is 30.4 Å². The molecule has 0 aromatic carbocycles. The maximum Gasteiger partial charge on any atom is 0.239 e. The molecular weight excluding hydrogens is 382 g/mol. The number of nitrogens with zero attached hydrogens (tertiary/aromatic N) is 4. The zero-order valence-corrected chi connectivity index (χ0v) is 17.5. The third-order valence-electron chi connectivity index (χ3n) is 5.05. The molecule has 0 saturated carbocycles. The van der Waals surface area contributed by atoms with Crippen LogP contribution in [0.15, 0.2) is 28.7 Å². The van der Waals surface area contributed by atoms with Gasteiger partial charge in [0.05, 0.1) is 12.2 Å². The van der Waals surface area contributed by atoms with Gasteiger partial charge in [-0.25, -0.2) is 14.6 Å². The van der Waals surface area contributed by atoms with Crippen LogP contribution in [0, 0.1) is 26.7 Å². The number of aryl methyl sites for hydroxylation is 3. The van der Waals surface area contributed by atoms with Crippen molar-refractivity contribution in [2.45, 2.75) is 27.2 Å². The van der Waals surface area contributed by atoms with Crippen LogP contribution in [0.2, 0.25) is 0 Å². The molecule has 1 aliphatic heterocycles. The van der Waals surface area contributed by atoms with E-state index >= 15 is 0 Å². The van der Waals surface area contributed by atoms with Gasteiger partial charge >= 0.3 is 0 Å². The van der Waals surface area contributed by atoms with E-state index in [1.165, 1.54) is 0 Å². The Hall–Kier alpha value is -3.04. The first-order valence-corrected chi connectivity index (χ1v) is 10.2. The lowest BCUT2D eigenvalue weighted by Crippen LogP contribution is -2.32. The molecule has 1 saturated heterocycles. The third kappa shape index (κ3) is 4.74. The molecule has 1 amide bonds. The minimum absolute atomic E-state index is 0.152. The van der Waals surface area contributed by atoms with Gasteiger partial charge in [0.25, 0.3) is 0 Å². The van der Waals surface area contributed by atoms with Gasteiger partial charge < -0.3 is 20.4 Å². The molecule has 4 rings (SSSR count). The molecule has 1 atom stereocenters. The molecule has 0 bridgehead atoms. The fourth-order valence-electron chi connectivity index (χ4n) is 3.60. The number of carbonyl (C=O) groups is 1. The van der Waals surface area contributed by atoms with Crippen LogP contribution in [-0.2, 0) is 4.79 Å². The van der Waals surface area contributed by atoms with Crippen molar-refractivity contribution >= 4 is 11.7 Å². The van der Waals surface area contributed by atoms with Crippen molar-refractivity contribution in [3.63, 3.8) is 0 Å². The van der Waals surface area contributed by atoms with E-state index in [1.807, 2.05) is 39.0 Å². The van der Waals surface area contributed by atoms with Gasteiger partial charge in [0.1, 0.15) is 11.6 Å². The van der Waals surface area contributed by atoms with Gasteiger partial charge in [-0.1, -0.05) is 0 Å². The summed E-state index contributed by atoms with van der Waals surface area (Å²) in [5.74, 6) is 3.10. The quantitative estimate of drug-likeness (QED) is 0.547. The van der Waals surface area contributed by atoms with Crippen LogP contribution in [0.5, 0.6) is 0 Å². The highest BCUT2D eigenvalue weighted by Crippen LogP contribution is 2.22. The molecule has 3 N–H and O–H groups in total. The molecule has 1 aliphatic rings.